The number of amides is 2. The molecule has 1 aliphatic heterocycles. The molecule has 1 aliphatic rings. The zero-order valence-electron chi connectivity index (χ0n) is 34.0. The van der Waals surface area contributed by atoms with Gasteiger partial charge in [-0.3, -0.25) is 14.5 Å². The van der Waals surface area contributed by atoms with Gasteiger partial charge in [-0.15, -0.1) is 11.8 Å². The van der Waals surface area contributed by atoms with E-state index in [4.69, 9.17) is 11.6 Å². The molecule has 1 saturated heterocycles. The number of nitrogens with zero attached hydrogens (tertiary/aromatic N) is 3. The Morgan fingerprint density at radius 2 is 1.47 bits per heavy atom. The molecule has 2 N–H and O–H groups in total. The lowest BCUT2D eigenvalue weighted by Crippen LogP contribution is -2.46. The third-order valence-electron chi connectivity index (χ3n) is 10.5. The molecule has 15 heteroatoms. The number of carbonyl (C=O) groups excluding carboxylic acids is 2. The van der Waals surface area contributed by atoms with Crippen LogP contribution in [0.5, 0.6) is 0 Å². The maximum Gasteiger partial charge on any atom is 0.264 e. The zero-order chi connectivity index (χ0) is 43.0. The first-order valence-electron chi connectivity index (χ1n) is 19.6. The molecule has 1 heterocycles. The molecule has 0 aromatic heterocycles. The lowest BCUT2D eigenvalue weighted by Gasteiger charge is -2.36. The Labute approximate surface area is 363 Å². The minimum absolute atomic E-state index is 0.0346. The van der Waals surface area contributed by atoms with Crippen molar-refractivity contribution < 1.29 is 26.4 Å². The lowest BCUT2D eigenvalue weighted by molar-refractivity contribution is -0.131. The van der Waals surface area contributed by atoms with E-state index in [9.17, 15) is 26.4 Å². The van der Waals surface area contributed by atoms with Crippen LogP contribution in [-0.2, 0) is 31.2 Å². The summed E-state index contributed by atoms with van der Waals surface area (Å²) < 4.78 is 55.4. The average Bonchev–Trinajstić information content (AvgIpc) is 3.23. The highest BCUT2D eigenvalue weighted by molar-refractivity contribution is 7.99. The van der Waals surface area contributed by atoms with Crippen molar-refractivity contribution in [2.45, 2.75) is 53.6 Å². The summed E-state index contributed by atoms with van der Waals surface area (Å²) in [5, 5.41) is 3.91. The van der Waals surface area contributed by atoms with Crippen LogP contribution in [0.15, 0.2) is 136 Å². The van der Waals surface area contributed by atoms with Crippen LogP contribution in [0, 0.1) is 0 Å². The van der Waals surface area contributed by atoms with Crippen LogP contribution >= 0.6 is 23.4 Å². The summed E-state index contributed by atoms with van der Waals surface area (Å²) in [6.07, 6.45) is 1.06. The second-order valence-corrected chi connectivity index (χ2v) is 20.3. The summed E-state index contributed by atoms with van der Waals surface area (Å²) in [5.41, 5.74) is 4.73. The molecule has 316 valence electrons. The number of halogens is 1. The summed E-state index contributed by atoms with van der Waals surface area (Å²) in [4.78, 5) is 33.0. The van der Waals surface area contributed by atoms with Gasteiger partial charge in [0.25, 0.3) is 15.9 Å². The first-order valence-corrected chi connectivity index (χ1v) is 24.3. The minimum Gasteiger partial charge on any atom is -0.380 e. The molecule has 0 unspecified atom stereocenters. The van der Waals surface area contributed by atoms with Crippen molar-refractivity contribution in [2.75, 3.05) is 55.5 Å². The molecule has 5 aromatic carbocycles. The van der Waals surface area contributed by atoms with E-state index in [1.54, 1.807) is 36.2 Å². The normalized spacial score (nSPS) is 14.1. The predicted molar refractivity (Wildman–Crippen MR) is 242 cm³/mol. The quantitative estimate of drug-likeness (QED) is 0.0951. The fraction of sp³-hybridized carbons (Fsp3) is 0.289. The van der Waals surface area contributed by atoms with E-state index in [0.29, 0.717) is 10.8 Å². The van der Waals surface area contributed by atoms with E-state index in [1.165, 1.54) is 35.0 Å². The fourth-order valence-electron chi connectivity index (χ4n) is 6.86. The highest BCUT2D eigenvalue weighted by Gasteiger charge is 2.26. The van der Waals surface area contributed by atoms with Crippen LogP contribution in [0.4, 0.5) is 11.4 Å². The van der Waals surface area contributed by atoms with Gasteiger partial charge in [0.15, 0.2) is 9.84 Å². The Morgan fingerprint density at radius 1 is 0.817 bits per heavy atom. The lowest BCUT2D eigenvalue weighted by atomic mass is 9.99. The number of rotatable bonds is 16. The highest BCUT2D eigenvalue weighted by Crippen LogP contribution is 2.30. The summed E-state index contributed by atoms with van der Waals surface area (Å²) in [6.45, 7) is 7.83. The highest BCUT2D eigenvalue weighted by atomic mass is 35.5. The van der Waals surface area contributed by atoms with Crippen molar-refractivity contribution in [1.29, 1.82) is 0 Å². The maximum absolute atomic E-state index is 13.5. The Kier molecular flexibility index (Phi) is 14.7. The molecule has 0 saturated carbocycles. The van der Waals surface area contributed by atoms with Gasteiger partial charge in [-0.1, -0.05) is 66.2 Å². The Hall–Kier alpha value is -4.86. The molecule has 0 radical (unpaired) electrons. The van der Waals surface area contributed by atoms with Crippen molar-refractivity contribution in [3.05, 3.63) is 137 Å². The van der Waals surface area contributed by atoms with Gasteiger partial charge >= 0.3 is 0 Å². The molecule has 1 atom stereocenters. The van der Waals surface area contributed by atoms with Crippen molar-refractivity contribution in [3.63, 3.8) is 0 Å². The van der Waals surface area contributed by atoms with Gasteiger partial charge in [0.1, 0.15) is 0 Å². The van der Waals surface area contributed by atoms with Gasteiger partial charge in [-0.25, -0.2) is 21.6 Å². The molecule has 0 aliphatic carbocycles. The summed E-state index contributed by atoms with van der Waals surface area (Å²) in [5.74, 6) is -0.547. The number of hydrogen-bond acceptors (Lipinski definition) is 10. The third-order valence-corrected chi connectivity index (χ3v) is 14.4. The first kappa shape index (κ1) is 44.7. The topological polar surface area (TPSA) is 136 Å². The van der Waals surface area contributed by atoms with E-state index >= 15 is 0 Å². The minimum atomic E-state index is -4.49. The number of nitrogens with one attached hydrogen (secondary N) is 2. The van der Waals surface area contributed by atoms with Crippen LogP contribution in [-0.4, -0.2) is 95.8 Å². The van der Waals surface area contributed by atoms with Crippen molar-refractivity contribution in [1.82, 2.24) is 14.5 Å². The van der Waals surface area contributed by atoms with Gasteiger partial charge in [0.2, 0.25) is 5.91 Å². The molecule has 11 nitrogen and oxygen atoms in total. The van der Waals surface area contributed by atoms with Crippen LogP contribution in [0.25, 0.3) is 11.1 Å². The van der Waals surface area contributed by atoms with Gasteiger partial charge in [0.05, 0.1) is 15.5 Å². The van der Waals surface area contributed by atoms with Crippen LogP contribution < -0.4 is 14.9 Å². The number of thioether (sulfide) groups is 1. The van der Waals surface area contributed by atoms with Crippen molar-refractivity contribution in [3.8, 4) is 11.1 Å². The molecular formula is C45H50ClN5O6S3. The Bertz CT molecular complexity index is 2500. The molecule has 5 aromatic rings. The molecule has 6 rings (SSSR count). The third kappa shape index (κ3) is 11.7. The number of benzene rings is 5. The Morgan fingerprint density at radius 3 is 2.12 bits per heavy atom. The zero-order valence-corrected chi connectivity index (χ0v) is 37.3. The van der Waals surface area contributed by atoms with Crippen LogP contribution in [0.3, 0.4) is 0 Å². The van der Waals surface area contributed by atoms with E-state index in [-0.39, 0.29) is 34.5 Å². The standard InChI is InChI=1S/C45H50ClN5O6S3/c1-32(2)49(3)44(52)28-37(31-58-39-11-6-5-7-12-39)47-42-23-22-40(29-43(42)59(4,54)55)60(56,57)48-45(53)34-16-20-38(21-17-34)51-26-24-50(25-27-51)30-35-10-8-9-13-41(35)33-14-18-36(46)19-15-33/h5-23,29,32,37,47H,24-28,30-31H2,1-4H3,(H,48,53)/t37-/m1/s1. The SMILES string of the molecule is CC(C)N(C)C(=O)C[C@H](CSc1ccccc1)Nc1ccc(S(=O)(=O)NC(=O)c2ccc(N3CCN(Cc4ccccc4-c4ccc(Cl)cc4)CC3)cc2)cc1S(C)(=O)=O. The molecule has 0 bridgehead atoms. The number of anilines is 2. The predicted octanol–water partition coefficient (Wildman–Crippen LogP) is 7.68. The molecule has 2 amide bonds. The average molecular weight is 889 g/mol. The van der Waals surface area contributed by atoms with Crippen molar-refractivity contribution >= 4 is 66.4 Å². The second-order valence-electron chi connectivity index (χ2n) is 15.1. The van der Waals surface area contributed by atoms with E-state index in [0.717, 1.165) is 61.2 Å². The smallest absolute Gasteiger partial charge is 0.264 e. The number of sulfone groups is 1. The van der Waals surface area contributed by atoms with Gasteiger partial charge < -0.3 is 15.1 Å². The van der Waals surface area contributed by atoms with Gasteiger partial charge in [0, 0.05) is 91.5 Å². The first-order chi connectivity index (χ1) is 28.6. The number of piperazine rings is 1. The largest absolute Gasteiger partial charge is 0.380 e. The summed E-state index contributed by atoms with van der Waals surface area (Å²) in [7, 11) is -6.74. The maximum atomic E-state index is 13.5. The summed E-state index contributed by atoms with van der Waals surface area (Å²) >= 11 is 7.63. The molecule has 1 fully saturated rings. The molecule has 60 heavy (non-hydrogen) atoms. The fourth-order valence-corrected chi connectivity index (χ4v) is 9.87. The van der Waals surface area contributed by atoms with Gasteiger partial charge in [-0.05, 0) is 97.3 Å². The summed E-state index contributed by atoms with van der Waals surface area (Å²) in [6, 6.07) is 35.7. The molecular weight excluding hydrogens is 838 g/mol. The van der Waals surface area contributed by atoms with Crippen molar-refractivity contribution in [2.24, 2.45) is 0 Å². The number of sulfonamides is 1. The Balaban J connectivity index is 1.10. The number of hydrogen-bond donors (Lipinski definition) is 2. The second kappa shape index (κ2) is 19.7. The van der Waals surface area contributed by atoms with E-state index in [1.807, 2.05) is 74.5 Å². The monoisotopic (exact) mass is 887 g/mol. The van der Waals surface area contributed by atoms with E-state index < -0.39 is 36.7 Å². The number of carbonyl (C=O) groups is 2. The van der Waals surface area contributed by atoms with Crippen LogP contribution in [0.2, 0.25) is 5.02 Å². The molecule has 0 spiro atoms. The van der Waals surface area contributed by atoms with Crippen LogP contribution in [0.1, 0.15) is 36.2 Å². The van der Waals surface area contributed by atoms with E-state index in [2.05, 4.69) is 38.0 Å². The van der Waals surface area contributed by atoms with Gasteiger partial charge in [-0.2, -0.15) is 0 Å².